The Morgan fingerprint density at radius 1 is 1.00 bits per heavy atom. The van der Waals surface area contributed by atoms with Gasteiger partial charge in [0.05, 0.1) is 7.11 Å². The molecule has 2 aromatic rings. The highest BCUT2D eigenvalue weighted by atomic mass is 16.5. The Balaban J connectivity index is 1.75. The fourth-order valence-electron chi connectivity index (χ4n) is 1.96. The van der Waals surface area contributed by atoms with Crippen LogP contribution in [0.3, 0.4) is 0 Å². The number of urea groups is 1. The Kier molecular flexibility index (Phi) is 5.65. The lowest BCUT2D eigenvalue weighted by Crippen LogP contribution is -2.37. The molecule has 0 aromatic heterocycles. The first kappa shape index (κ1) is 15.7. The molecule has 0 atom stereocenters. The number of hydrogen-bond acceptors (Lipinski definition) is 3. The van der Waals surface area contributed by atoms with Crippen LogP contribution >= 0.6 is 0 Å². The molecule has 2 N–H and O–H groups in total. The summed E-state index contributed by atoms with van der Waals surface area (Å²) < 4.78 is 10.6. The van der Waals surface area contributed by atoms with Crippen molar-refractivity contribution in [3.63, 3.8) is 0 Å². The number of carbonyl (C=O) groups is 1. The van der Waals surface area contributed by atoms with E-state index in [1.807, 2.05) is 43.3 Å². The van der Waals surface area contributed by atoms with Gasteiger partial charge in [0.25, 0.3) is 0 Å². The van der Waals surface area contributed by atoms with Gasteiger partial charge < -0.3 is 20.1 Å². The Hall–Kier alpha value is -2.69. The van der Waals surface area contributed by atoms with Gasteiger partial charge >= 0.3 is 6.03 Å². The van der Waals surface area contributed by atoms with Gasteiger partial charge in [0.15, 0.2) is 18.2 Å². The molecule has 22 heavy (non-hydrogen) atoms. The number of methoxy groups -OCH3 is 1. The molecule has 5 nitrogen and oxygen atoms in total. The molecule has 5 heteroatoms. The van der Waals surface area contributed by atoms with Gasteiger partial charge in [-0.05, 0) is 30.2 Å². The summed E-state index contributed by atoms with van der Waals surface area (Å²) in [4.78, 5) is 11.7. The van der Waals surface area contributed by atoms with Crippen LogP contribution in [-0.4, -0.2) is 19.9 Å². The SMILES string of the molecule is COc1ccccc1OCNC(=O)NCc1ccccc1C. The molecule has 0 aliphatic heterocycles. The van der Waals surface area contributed by atoms with Gasteiger partial charge in [-0.15, -0.1) is 0 Å². The Bertz CT molecular complexity index is 629. The van der Waals surface area contributed by atoms with Crippen LogP contribution in [0.1, 0.15) is 11.1 Å². The molecule has 2 amide bonds. The van der Waals surface area contributed by atoms with Crippen LogP contribution in [0.25, 0.3) is 0 Å². The van der Waals surface area contributed by atoms with E-state index in [9.17, 15) is 4.79 Å². The Morgan fingerprint density at radius 2 is 1.68 bits per heavy atom. The highest BCUT2D eigenvalue weighted by Gasteiger charge is 2.04. The topological polar surface area (TPSA) is 59.6 Å². The van der Waals surface area contributed by atoms with Crippen molar-refractivity contribution in [1.82, 2.24) is 10.6 Å². The summed E-state index contributed by atoms with van der Waals surface area (Å²) in [5.74, 6) is 1.22. The highest BCUT2D eigenvalue weighted by molar-refractivity contribution is 5.73. The molecule has 0 heterocycles. The Morgan fingerprint density at radius 3 is 2.41 bits per heavy atom. The fraction of sp³-hybridized carbons (Fsp3) is 0.235. The summed E-state index contributed by atoms with van der Waals surface area (Å²) in [7, 11) is 1.57. The standard InChI is InChI=1S/C17H20N2O3/c1-13-7-3-4-8-14(13)11-18-17(20)19-12-22-16-10-6-5-9-15(16)21-2/h3-10H,11-12H2,1-2H3,(H2,18,19,20). The average molecular weight is 300 g/mol. The first-order valence-corrected chi connectivity index (χ1v) is 7.02. The second-order valence-corrected chi connectivity index (χ2v) is 4.73. The van der Waals surface area contributed by atoms with E-state index >= 15 is 0 Å². The molecule has 0 aliphatic carbocycles. The quantitative estimate of drug-likeness (QED) is 0.807. The van der Waals surface area contributed by atoms with E-state index in [2.05, 4.69) is 10.6 Å². The van der Waals surface area contributed by atoms with Crippen molar-refractivity contribution in [3.05, 3.63) is 59.7 Å². The van der Waals surface area contributed by atoms with Crippen LogP contribution in [-0.2, 0) is 6.54 Å². The minimum Gasteiger partial charge on any atom is -0.493 e. The maximum atomic E-state index is 11.7. The van der Waals surface area contributed by atoms with Gasteiger partial charge in [0.1, 0.15) is 0 Å². The van der Waals surface area contributed by atoms with Crippen LogP contribution in [0.5, 0.6) is 11.5 Å². The Labute approximate surface area is 130 Å². The third kappa shape index (κ3) is 4.41. The summed E-state index contributed by atoms with van der Waals surface area (Å²) in [6.07, 6.45) is 0. The minimum absolute atomic E-state index is 0.0694. The molecule has 2 aromatic carbocycles. The number of nitrogens with one attached hydrogen (secondary N) is 2. The molecule has 0 aliphatic rings. The first-order chi connectivity index (χ1) is 10.7. The molecule has 0 saturated carbocycles. The lowest BCUT2D eigenvalue weighted by atomic mass is 10.1. The van der Waals surface area contributed by atoms with E-state index < -0.39 is 0 Å². The van der Waals surface area contributed by atoms with Gasteiger partial charge in [-0.25, -0.2) is 4.79 Å². The number of aryl methyl sites for hydroxylation is 1. The monoisotopic (exact) mass is 300 g/mol. The van der Waals surface area contributed by atoms with E-state index in [0.29, 0.717) is 18.0 Å². The number of ether oxygens (including phenoxy) is 2. The van der Waals surface area contributed by atoms with Crippen molar-refractivity contribution in [2.24, 2.45) is 0 Å². The summed E-state index contributed by atoms with van der Waals surface area (Å²) in [5.41, 5.74) is 2.23. The first-order valence-electron chi connectivity index (χ1n) is 7.02. The molecule has 0 spiro atoms. The maximum Gasteiger partial charge on any atom is 0.317 e. The van der Waals surface area contributed by atoms with Crippen molar-refractivity contribution in [1.29, 1.82) is 0 Å². The molecule has 0 saturated heterocycles. The van der Waals surface area contributed by atoms with E-state index in [-0.39, 0.29) is 12.8 Å². The molecule has 0 bridgehead atoms. The van der Waals surface area contributed by atoms with Crippen molar-refractivity contribution >= 4 is 6.03 Å². The van der Waals surface area contributed by atoms with Gasteiger partial charge in [-0.3, -0.25) is 0 Å². The molecule has 0 unspecified atom stereocenters. The summed E-state index contributed by atoms with van der Waals surface area (Å²) in [6.45, 7) is 2.56. The molecule has 116 valence electrons. The zero-order chi connectivity index (χ0) is 15.8. The van der Waals surface area contributed by atoms with Gasteiger partial charge in [0, 0.05) is 6.54 Å². The fourth-order valence-corrected chi connectivity index (χ4v) is 1.96. The number of carbonyl (C=O) groups excluding carboxylic acids is 1. The summed E-state index contributed by atoms with van der Waals surface area (Å²) >= 11 is 0. The smallest absolute Gasteiger partial charge is 0.317 e. The number of hydrogen-bond donors (Lipinski definition) is 2. The molecule has 0 radical (unpaired) electrons. The highest BCUT2D eigenvalue weighted by Crippen LogP contribution is 2.25. The van der Waals surface area contributed by atoms with E-state index in [0.717, 1.165) is 11.1 Å². The number of rotatable bonds is 6. The molecular weight excluding hydrogens is 280 g/mol. The van der Waals surface area contributed by atoms with Crippen molar-refractivity contribution in [3.8, 4) is 11.5 Å². The largest absolute Gasteiger partial charge is 0.493 e. The third-order valence-electron chi connectivity index (χ3n) is 3.23. The summed E-state index contributed by atoms with van der Waals surface area (Å²) in [6, 6.07) is 14.9. The second-order valence-electron chi connectivity index (χ2n) is 4.73. The van der Waals surface area contributed by atoms with Crippen LogP contribution in [0.4, 0.5) is 4.79 Å². The van der Waals surface area contributed by atoms with Crippen molar-refractivity contribution in [2.75, 3.05) is 13.8 Å². The maximum absolute atomic E-state index is 11.7. The second kappa shape index (κ2) is 7.93. The normalized spacial score (nSPS) is 9.91. The van der Waals surface area contributed by atoms with Crippen molar-refractivity contribution < 1.29 is 14.3 Å². The van der Waals surface area contributed by atoms with Crippen molar-refractivity contribution in [2.45, 2.75) is 13.5 Å². The molecule has 2 rings (SSSR count). The zero-order valence-electron chi connectivity index (χ0n) is 12.8. The van der Waals surface area contributed by atoms with Gasteiger partial charge in [0.2, 0.25) is 0 Å². The van der Waals surface area contributed by atoms with Crippen LogP contribution in [0.15, 0.2) is 48.5 Å². The third-order valence-corrected chi connectivity index (χ3v) is 3.23. The number of amides is 2. The van der Waals surface area contributed by atoms with Crippen LogP contribution < -0.4 is 20.1 Å². The lowest BCUT2D eigenvalue weighted by Gasteiger charge is -2.12. The predicted molar refractivity (Wildman–Crippen MR) is 85.0 cm³/mol. The summed E-state index contributed by atoms with van der Waals surface area (Å²) in [5, 5.41) is 5.44. The van der Waals surface area contributed by atoms with Gasteiger partial charge in [-0.2, -0.15) is 0 Å². The van der Waals surface area contributed by atoms with E-state index in [1.165, 1.54) is 0 Å². The molecule has 0 fully saturated rings. The van der Waals surface area contributed by atoms with Crippen LogP contribution in [0, 0.1) is 6.92 Å². The molecular formula is C17H20N2O3. The minimum atomic E-state index is -0.279. The lowest BCUT2D eigenvalue weighted by molar-refractivity contribution is 0.221. The average Bonchev–Trinajstić information content (AvgIpc) is 2.54. The number of para-hydroxylation sites is 2. The van der Waals surface area contributed by atoms with Gasteiger partial charge in [-0.1, -0.05) is 36.4 Å². The van der Waals surface area contributed by atoms with Crippen LogP contribution in [0.2, 0.25) is 0 Å². The predicted octanol–water partition coefficient (Wildman–Crippen LogP) is 2.84. The van der Waals surface area contributed by atoms with E-state index in [1.54, 1.807) is 19.2 Å². The zero-order valence-corrected chi connectivity index (χ0v) is 12.8. The number of benzene rings is 2. The van der Waals surface area contributed by atoms with E-state index in [4.69, 9.17) is 9.47 Å².